The minimum atomic E-state index is -0.139. The van der Waals surface area contributed by atoms with Gasteiger partial charge in [0.2, 0.25) is 0 Å². The molecule has 0 saturated carbocycles. The Labute approximate surface area is 146 Å². The van der Waals surface area contributed by atoms with Crippen molar-refractivity contribution in [1.29, 1.82) is 0 Å². The Morgan fingerprint density at radius 3 is 2.52 bits per heavy atom. The maximum atomic E-state index is 12.8. The van der Waals surface area contributed by atoms with E-state index in [0.717, 1.165) is 23.7 Å². The summed E-state index contributed by atoms with van der Waals surface area (Å²) < 4.78 is 0. The first-order valence-corrected chi connectivity index (χ1v) is 8.68. The number of benzene rings is 2. The molecule has 25 heavy (non-hydrogen) atoms. The number of anilines is 1. The molecular weight excluding hydrogens is 312 g/mol. The van der Waals surface area contributed by atoms with Gasteiger partial charge in [-0.05, 0) is 68.5 Å². The number of para-hydroxylation sites is 1. The van der Waals surface area contributed by atoms with Gasteiger partial charge >= 0.3 is 0 Å². The Kier molecular flexibility index (Phi) is 3.88. The minimum Gasteiger partial charge on any atom is -0.358 e. The predicted molar refractivity (Wildman–Crippen MR) is 99.3 cm³/mol. The molecule has 1 amide bonds. The second-order valence-corrected chi connectivity index (χ2v) is 6.61. The number of aryl methyl sites for hydroxylation is 2. The molecule has 2 aromatic carbocycles. The van der Waals surface area contributed by atoms with Crippen LogP contribution in [-0.2, 0) is 12.8 Å². The Balaban J connectivity index is 1.66. The average molecular weight is 332 g/mol. The van der Waals surface area contributed by atoms with Crippen LogP contribution in [0.25, 0.3) is 10.9 Å². The second kappa shape index (κ2) is 6.20. The van der Waals surface area contributed by atoms with Crippen molar-refractivity contribution < 1.29 is 9.59 Å². The van der Waals surface area contributed by atoms with Crippen LogP contribution in [0.5, 0.6) is 0 Å². The molecule has 0 atom stereocenters. The van der Waals surface area contributed by atoms with Crippen molar-refractivity contribution in [2.45, 2.75) is 32.6 Å². The van der Waals surface area contributed by atoms with Crippen molar-refractivity contribution >= 4 is 28.3 Å². The molecule has 4 heteroatoms. The van der Waals surface area contributed by atoms with Gasteiger partial charge in [-0.3, -0.25) is 9.59 Å². The maximum absolute atomic E-state index is 12.8. The zero-order valence-corrected chi connectivity index (χ0v) is 14.2. The number of amides is 1. The van der Waals surface area contributed by atoms with Crippen LogP contribution in [0.15, 0.2) is 42.5 Å². The maximum Gasteiger partial charge on any atom is 0.257 e. The van der Waals surface area contributed by atoms with Gasteiger partial charge in [-0.15, -0.1) is 0 Å². The Hall–Kier alpha value is -2.88. The van der Waals surface area contributed by atoms with Crippen LogP contribution >= 0.6 is 0 Å². The van der Waals surface area contributed by atoms with Gasteiger partial charge < -0.3 is 10.3 Å². The van der Waals surface area contributed by atoms with E-state index < -0.39 is 0 Å². The van der Waals surface area contributed by atoms with Crippen molar-refractivity contribution in [3.63, 3.8) is 0 Å². The quantitative estimate of drug-likeness (QED) is 0.694. The van der Waals surface area contributed by atoms with Crippen molar-refractivity contribution in [2.24, 2.45) is 0 Å². The largest absolute Gasteiger partial charge is 0.358 e. The summed E-state index contributed by atoms with van der Waals surface area (Å²) in [7, 11) is 0. The van der Waals surface area contributed by atoms with E-state index in [9.17, 15) is 9.59 Å². The summed E-state index contributed by atoms with van der Waals surface area (Å²) in [6.45, 7) is 1.53. The molecule has 0 spiro atoms. The van der Waals surface area contributed by atoms with E-state index in [1.165, 1.54) is 31.0 Å². The van der Waals surface area contributed by atoms with Crippen molar-refractivity contribution in [1.82, 2.24) is 4.98 Å². The van der Waals surface area contributed by atoms with E-state index in [2.05, 4.69) is 16.4 Å². The second-order valence-electron chi connectivity index (χ2n) is 6.61. The monoisotopic (exact) mass is 332 g/mol. The first-order chi connectivity index (χ1) is 12.1. The van der Waals surface area contributed by atoms with Gasteiger partial charge in [-0.1, -0.05) is 12.1 Å². The van der Waals surface area contributed by atoms with Crippen LogP contribution < -0.4 is 5.32 Å². The highest BCUT2D eigenvalue weighted by Gasteiger charge is 2.19. The molecule has 2 N–H and O–H groups in total. The summed E-state index contributed by atoms with van der Waals surface area (Å²) in [5.74, 6) is -0.126. The highest BCUT2D eigenvalue weighted by Crippen LogP contribution is 2.31. The van der Waals surface area contributed by atoms with Gasteiger partial charge in [-0.2, -0.15) is 0 Å². The first kappa shape index (κ1) is 15.6. The lowest BCUT2D eigenvalue weighted by Gasteiger charge is -2.10. The average Bonchev–Trinajstić information content (AvgIpc) is 3.00. The summed E-state index contributed by atoms with van der Waals surface area (Å²) >= 11 is 0. The fraction of sp³-hybridized carbons (Fsp3) is 0.238. The highest BCUT2D eigenvalue weighted by molar-refractivity contribution is 6.12. The Morgan fingerprint density at radius 2 is 1.76 bits per heavy atom. The zero-order chi connectivity index (χ0) is 17.4. The number of carbonyl (C=O) groups excluding carboxylic acids is 2. The van der Waals surface area contributed by atoms with Gasteiger partial charge in [0, 0.05) is 22.3 Å². The molecule has 4 rings (SSSR count). The van der Waals surface area contributed by atoms with Crippen molar-refractivity contribution in [3.8, 4) is 0 Å². The number of carbonyl (C=O) groups is 2. The zero-order valence-electron chi connectivity index (χ0n) is 14.2. The number of hydrogen-bond donors (Lipinski definition) is 2. The van der Waals surface area contributed by atoms with Gasteiger partial charge in [0.1, 0.15) is 0 Å². The lowest BCUT2D eigenvalue weighted by Crippen LogP contribution is -2.12. The number of aromatic nitrogens is 1. The summed E-state index contributed by atoms with van der Waals surface area (Å²) in [5, 5.41) is 4.09. The number of H-pyrrole nitrogens is 1. The summed E-state index contributed by atoms with van der Waals surface area (Å²) in [4.78, 5) is 27.6. The molecule has 126 valence electrons. The van der Waals surface area contributed by atoms with E-state index in [-0.39, 0.29) is 11.7 Å². The van der Waals surface area contributed by atoms with Crippen LogP contribution in [0.4, 0.5) is 5.69 Å². The number of fused-ring (bicyclic) bond motifs is 3. The molecule has 0 fully saturated rings. The third-order valence-corrected chi connectivity index (χ3v) is 4.93. The Morgan fingerprint density at radius 1 is 1.00 bits per heavy atom. The molecule has 0 unspecified atom stereocenters. The molecule has 4 nitrogen and oxygen atoms in total. The first-order valence-electron chi connectivity index (χ1n) is 8.68. The van der Waals surface area contributed by atoms with Crippen LogP contribution in [0.1, 0.15) is 51.7 Å². The van der Waals surface area contributed by atoms with Gasteiger partial charge in [0.15, 0.2) is 5.78 Å². The van der Waals surface area contributed by atoms with Crippen molar-refractivity contribution in [2.75, 3.05) is 5.32 Å². The summed E-state index contributed by atoms with van der Waals surface area (Å²) in [6, 6.07) is 12.9. The van der Waals surface area contributed by atoms with E-state index >= 15 is 0 Å². The summed E-state index contributed by atoms with van der Waals surface area (Å²) in [6.07, 6.45) is 4.53. The van der Waals surface area contributed by atoms with Gasteiger partial charge in [0.25, 0.3) is 5.91 Å². The number of hydrogen-bond acceptors (Lipinski definition) is 2. The number of nitrogens with one attached hydrogen (secondary N) is 2. The number of aromatic amines is 1. The molecule has 0 aliphatic heterocycles. The fourth-order valence-corrected chi connectivity index (χ4v) is 3.61. The van der Waals surface area contributed by atoms with E-state index in [0.29, 0.717) is 16.8 Å². The minimum absolute atomic E-state index is 0.0135. The van der Waals surface area contributed by atoms with E-state index in [1.54, 1.807) is 24.3 Å². The standard InChI is InChI=1S/C21H20N2O2/c1-13(24)14-9-11-15(12-10-14)22-21(25)18-7-4-6-17-16-5-2-3-8-19(16)23-20(17)18/h4,6-7,9-12,23H,2-3,5,8H2,1H3,(H,22,25). The number of rotatable bonds is 3. The molecule has 0 saturated heterocycles. The van der Waals surface area contributed by atoms with Crippen LogP contribution in [0, 0.1) is 0 Å². The third kappa shape index (κ3) is 2.84. The fourth-order valence-electron chi connectivity index (χ4n) is 3.61. The van der Waals surface area contributed by atoms with Crippen LogP contribution in [0.2, 0.25) is 0 Å². The van der Waals surface area contributed by atoms with Gasteiger partial charge in [0.05, 0.1) is 11.1 Å². The SMILES string of the molecule is CC(=O)c1ccc(NC(=O)c2cccc3c4c([nH]c23)CCCC4)cc1. The lowest BCUT2D eigenvalue weighted by atomic mass is 9.95. The lowest BCUT2D eigenvalue weighted by molar-refractivity contribution is 0.101. The molecule has 1 aromatic heterocycles. The number of Topliss-reactive ketones (excluding diaryl/α,β-unsaturated/α-hetero) is 1. The smallest absolute Gasteiger partial charge is 0.257 e. The molecule has 0 radical (unpaired) electrons. The molecule has 3 aromatic rings. The predicted octanol–water partition coefficient (Wildman–Crippen LogP) is 4.50. The molecular formula is C21H20N2O2. The summed E-state index contributed by atoms with van der Waals surface area (Å²) in [5.41, 5.74) is 5.53. The molecule has 1 heterocycles. The van der Waals surface area contributed by atoms with Gasteiger partial charge in [-0.25, -0.2) is 0 Å². The molecule has 1 aliphatic carbocycles. The molecule has 1 aliphatic rings. The third-order valence-electron chi connectivity index (χ3n) is 4.93. The van der Waals surface area contributed by atoms with E-state index in [1.807, 2.05) is 12.1 Å². The van der Waals surface area contributed by atoms with Crippen LogP contribution in [-0.4, -0.2) is 16.7 Å². The number of ketones is 1. The van der Waals surface area contributed by atoms with E-state index in [4.69, 9.17) is 0 Å². The molecule has 0 bridgehead atoms. The normalized spacial score (nSPS) is 13.5. The van der Waals surface area contributed by atoms with Crippen LogP contribution in [0.3, 0.4) is 0 Å². The Bertz CT molecular complexity index is 967. The topological polar surface area (TPSA) is 62.0 Å². The van der Waals surface area contributed by atoms with Crippen molar-refractivity contribution in [3.05, 3.63) is 64.8 Å². The highest BCUT2D eigenvalue weighted by atomic mass is 16.1.